The number of methoxy groups -OCH3 is 2. The van der Waals surface area contributed by atoms with Crippen molar-refractivity contribution in [2.75, 3.05) is 27.4 Å². The molecule has 1 unspecified atom stereocenters. The molecule has 0 aromatic heterocycles. The fourth-order valence-corrected chi connectivity index (χ4v) is 1.76. The van der Waals surface area contributed by atoms with Crippen LogP contribution in [0, 0.1) is 6.92 Å². The molecule has 20 heavy (non-hydrogen) atoms. The molecule has 0 aliphatic heterocycles. The molecule has 0 heterocycles. The van der Waals surface area contributed by atoms with Gasteiger partial charge in [-0.25, -0.2) is 4.79 Å². The summed E-state index contributed by atoms with van der Waals surface area (Å²) in [4.78, 5) is 11.4. The topological polar surface area (TPSA) is 56.8 Å². The zero-order chi connectivity index (χ0) is 15.0. The van der Waals surface area contributed by atoms with Crippen LogP contribution in [0.3, 0.4) is 0 Å². The summed E-state index contributed by atoms with van der Waals surface area (Å²) in [6.07, 6.45) is -0.625. The first-order valence-corrected chi connectivity index (χ1v) is 6.62. The normalized spacial score (nSPS) is 12.0. The molecule has 112 valence electrons. The van der Waals surface area contributed by atoms with Crippen molar-refractivity contribution in [2.24, 2.45) is 0 Å². The SMILES string of the molecule is COCCNCc1cc(C)ccc1OC(C)C(=O)OC. The van der Waals surface area contributed by atoms with E-state index in [1.54, 1.807) is 14.0 Å². The minimum absolute atomic E-state index is 0.385. The number of aryl methyl sites for hydroxylation is 1. The second kappa shape index (κ2) is 8.55. The van der Waals surface area contributed by atoms with E-state index >= 15 is 0 Å². The van der Waals surface area contributed by atoms with Crippen molar-refractivity contribution in [2.45, 2.75) is 26.5 Å². The lowest BCUT2D eigenvalue weighted by Crippen LogP contribution is -2.26. The highest BCUT2D eigenvalue weighted by Gasteiger charge is 2.16. The molecule has 0 aliphatic rings. The average Bonchev–Trinajstić information content (AvgIpc) is 2.45. The van der Waals surface area contributed by atoms with E-state index in [2.05, 4.69) is 10.1 Å². The van der Waals surface area contributed by atoms with Crippen LogP contribution >= 0.6 is 0 Å². The summed E-state index contributed by atoms with van der Waals surface area (Å²) in [5, 5.41) is 3.27. The first-order valence-electron chi connectivity index (χ1n) is 6.62. The van der Waals surface area contributed by atoms with Gasteiger partial charge in [0.15, 0.2) is 6.10 Å². The molecule has 1 rings (SSSR count). The summed E-state index contributed by atoms with van der Waals surface area (Å²) in [6, 6.07) is 5.87. The maximum Gasteiger partial charge on any atom is 0.346 e. The van der Waals surface area contributed by atoms with Crippen LogP contribution in [0.4, 0.5) is 0 Å². The molecule has 0 bridgehead atoms. The molecule has 1 aromatic rings. The third-order valence-electron chi connectivity index (χ3n) is 2.85. The molecular weight excluding hydrogens is 258 g/mol. The Morgan fingerprint density at radius 1 is 1.35 bits per heavy atom. The number of ether oxygens (including phenoxy) is 3. The molecule has 1 atom stereocenters. The van der Waals surface area contributed by atoms with E-state index in [9.17, 15) is 4.79 Å². The Labute approximate surface area is 120 Å². The smallest absolute Gasteiger partial charge is 0.346 e. The highest BCUT2D eigenvalue weighted by molar-refractivity contribution is 5.74. The molecular formula is C15H23NO4. The molecule has 0 amide bonds. The number of carbonyl (C=O) groups excluding carboxylic acids is 1. The Hall–Kier alpha value is -1.59. The summed E-state index contributed by atoms with van der Waals surface area (Å²) < 4.78 is 15.3. The van der Waals surface area contributed by atoms with E-state index in [1.165, 1.54) is 7.11 Å². The zero-order valence-electron chi connectivity index (χ0n) is 12.6. The monoisotopic (exact) mass is 281 g/mol. The van der Waals surface area contributed by atoms with Crippen LogP contribution in [0.25, 0.3) is 0 Å². The molecule has 0 fully saturated rings. The predicted octanol–water partition coefficient (Wildman–Crippen LogP) is 1.67. The highest BCUT2D eigenvalue weighted by Crippen LogP contribution is 2.21. The largest absolute Gasteiger partial charge is 0.479 e. The number of hydrogen-bond donors (Lipinski definition) is 1. The van der Waals surface area contributed by atoms with Crippen LogP contribution in [-0.4, -0.2) is 39.4 Å². The van der Waals surface area contributed by atoms with Crippen molar-refractivity contribution in [1.82, 2.24) is 5.32 Å². The van der Waals surface area contributed by atoms with Gasteiger partial charge in [0.25, 0.3) is 0 Å². The van der Waals surface area contributed by atoms with Crippen LogP contribution in [0.5, 0.6) is 5.75 Å². The van der Waals surface area contributed by atoms with Crippen LogP contribution in [0.15, 0.2) is 18.2 Å². The standard InChI is InChI=1S/C15H23NO4/c1-11-5-6-14(20-12(2)15(17)19-4)13(9-11)10-16-7-8-18-3/h5-6,9,12,16H,7-8,10H2,1-4H3. The Kier molecular flexibility index (Phi) is 7.04. The minimum Gasteiger partial charge on any atom is -0.479 e. The fraction of sp³-hybridized carbons (Fsp3) is 0.533. The molecule has 0 aliphatic carbocycles. The van der Waals surface area contributed by atoms with Gasteiger partial charge in [-0.1, -0.05) is 17.7 Å². The summed E-state index contributed by atoms with van der Waals surface area (Å²) in [7, 11) is 3.02. The summed E-state index contributed by atoms with van der Waals surface area (Å²) in [6.45, 7) is 5.77. The number of nitrogens with one attached hydrogen (secondary N) is 1. The van der Waals surface area contributed by atoms with Crippen molar-refractivity contribution in [3.05, 3.63) is 29.3 Å². The van der Waals surface area contributed by atoms with Crippen molar-refractivity contribution in [3.63, 3.8) is 0 Å². The number of esters is 1. The first kappa shape index (κ1) is 16.5. The molecule has 0 radical (unpaired) electrons. The average molecular weight is 281 g/mol. The van der Waals surface area contributed by atoms with E-state index in [4.69, 9.17) is 9.47 Å². The number of carbonyl (C=O) groups is 1. The van der Waals surface area contributed by atoms with Crippen LogP contribution < -0.4 is 10.1 Å². The lowest BCUT2D eigenvalue weighted by Gasteiger charge is -2.16. The highest BCUT2D eigenvalue weighted by atomic mass is 16.6. The van der Waals surface area contributed by atoms with Crippen molar-refractivity contribution in [1.29, 1.82) is 0 Å². The Bertz CT molecular complexity index is 434. The van der Waals surface area contributed by atoms with Crippen LogP contribution in [-0.2, 0) is 20.8 Å². The van der Waals surface area contributed by atoms with Crippen LogP contribution in [0.1, 0.15) is 18.1 Å². The van der Waals surface area contributed by atoms with Crippen LogP contribution in [0.2, 0.25) is 0 Å². The second-order valence-electron chi connectivity index (χ2n) is 4.56. The van der Waals surface area contributed by atoms with Gasteiger partial charge in [0.05, 0.1) is 13.7 Å². The van der Waals surface area contributed by atoms with Gasteiger partial charge in [0.2, 0.25) is 0 Å². The molecule has 0 spiro atoms. The molecule has 1 aromatic carbocycles. The lowest BCUT2D eigenvalue weighted by molar-refractivity contribution is -0.147. The van der Waals surface area contributed by atoms with Crippen molar-refractivity contribution >= 4 is 5.97 Å². The number of hydrogen-bond acceptors (Lipinski definition) is 5. The molecule has 1 N–H and O–H groups in total. The Balaban J connectivity index is 2.71. The maximum absolute atomic E-state index is 11.4. The van der Waals surface area contributed by atoms with Gasteiger partial charge in [0.1, 0.15) is 5.75 Å². The number of benzene rings is 1. The molecule has 0 saturated carbocycles. The van der Waals surface area contributed by atoms with E-state index < -0.39 is 6.10 Å². The Morgan fingerprint density at radius 2 is 2.10 bits per heavy atom. The number of rotatable bonds is 8. The van der Waals surface area contributed by atoms with Crippen molar-refractivity contribution in [3.8, 4) is 5.75 Å². The van der Waals surface area contributed by atoms with Gasteiger partial charge in [-0.3, -0.25) is 0 Å². The fourth-order valence-electron chi connectivity index (χ4n) is 1.76. The Morgan fingerprint density at radius 3 is 2.75 bits per heavy atom. The van der Waals surface area contributed by atoms with Gasteiger partial charge in [-0.05, 0) is 19.9 Å². The minimum atomic E-state index is -0.625. The van der Waals surface area contributed by atoms with Gasteiger partial charge in [-0.2, -0.15) is 0 Å². The van der Waals surface area contributed by atoms with Gasteiger partial charge >= 0.3 is 5.97 Å². The predicted molar refractivity (Wildman–Crippen MR) is 76.9 cm³/mol. The summed E-state index contributed by atoms with van der Waals surface area (Å²) in [5.74, 6) is 0.308. The summed E-state index contributed by atoms with van der Waals surface area (Å²) in [5.41, 5.74) is 2.16. The van der Waals surface area contributed by atoms with Gasteiger partial charge in [-0.15, -0.1) is 0 Å². The molecule has 0 saturated heterocycles. The van der Waals surface area contributed by atoms with Crippen molar-refractivity contribution < 1.29 is 19.0 Å². The summed E-state index contributed by atoms with van der Waals surface area (Å²) >= 11 is 0. The third-order valence-corrected chi connectivity index (χ3v) is 2.85. The van der Waals surface area contributed by atoms with E-state index in [0.29, 0.717) is 18.9 Å². The quantitative estimate of drug-likeness (QED) is 0.580. The third kappa shape index (κ3) is 5.19. The van der Waals surface area contributed by atoms with E-state index in [-0.39, 0.29) is 5.97 Å². The molecule has 5 nitrogen and oxygen atoms in total. The first-order chi connectivity index (χ1) is 9.58. The second-order valence-corrected chi connectivity index (χ2v) is 4.56. The van der Waals surface area contributed by atoms with E-state index in [1.807, 2.05) is 25.1 Å². The van der Waals surface area contributed by atoms with Gasteiger partial charge in [0, 0.05) is 25.8 Å². The molecule has 5 heteroatoms. The zero-order valence-corrected chi connectivity index (χ0v) is 12.6. The lowest BCUT2D eigenvalue weighted by atomic mass is 10.1. The maximum atomic E-state index is 11.4. The van der Waals surface area contributed by atoms with Gasteiger partial charge < -0.3 is 19.5 Å². The van der Waals surface area contributed by atoms with E-state index in [0.717, 1.165) is 17.7 Å².